The highest BCUT2D eigenvalue weighted by molar-refractivity contribution is 6.45. The van der Waals surface area contributed by atoms with Crippen molar-refractivity contribution in [3.8, 4) is 0 Å². The number of nitrogens with zero attached hydrogens (tertiary/aromatic N) is 1. The van der Waals surface area contributed by atoms with Crippen LogP contribution < -0.4 is 16.0 Å². The molecule has 0 saturated carbocycles. The van der Waals surface area contributed by atoms with Gasteiger partial charge in [-0.2, -0.15) is 0 Å². The summed E-state index contributed by atoms with van der Waals surface area (Å²) in [5, 5.41) is 2.52. The van der Waals surface area contributed by atoms with Gasteiger partial charge in [0.25, 0.3) is 0 Å². The second-order valence-corrected chi connectivity index (χ2v) is 5.42. The third-order valence-electron chi connectivity index (χ3n) is 3.41. The third kappa shape index (κ3) is 4.19. The van der Waals surface area contributed by atoms with Crippen molar-refractivity contribution in [3.05, 3.63) is 59.7 Å². The van der Waals surface area contributed by atoms with E-state index in [1.54, 1.807) is 18.2 Å². The number of nitrogens with one attached hydrogen (secondary N) is 1. The van der Waals surface area contributed by atoms with Crippen molar-refractivity contribution in [3.63, 3.8) is 0 Å². The van der Waals surface area contributed by atoms with E-state index in [-0.39, 0.29) is 12.2 Å². The molecule has 0 aromatic heterocycles. The maximum atomic E-state index is 12.3. The van der Waals surface area contributed by atoms with Gasteiger partial charge in [0.2, 0.25) is 5.91 Å². The molecule has 0 spiro atoms. The lowest BCUT2D eigenvalue weighted by Gasteiger charge is -2.19. The fourth-order valence-electron chi connectivity index (χ4n) is 2.17. The lowest BCUT2D eigenvalue weighted by Crippen LogP contribution is -2.45. The number of hydrogen-bond donors (Lipinski definition) is 2. The van der Waals surface area contributed by atoms with Crippen LogP contribution in [0, 0.1) is 6.92 Å². The lowest BCUT2D eigenvalue weighted by molar-refractivity contribution is -0.139. The summed E-state index contributed by atoms with van der Waals surface area (Å²) in [6.07, 6.45) is 0. The van der Waals surface area contributed by atoms with Gasteiger partial charge in [0.1, 0.15) is 0 Å². The van der Waals surface area contributed by atoms with Gasteiger partial charge in [0.05, 0.1) is 5.69 Å². The van der Waals surface area contributed by atoms with Crippen molar-refractivity contribution in [1.29, 1.82) is 0 Å². The normalized spacial score (nSPS) is 10.1. The highest BCUT2D eigenvalue weighted by Gasteiger charge is 2.26. The molecular formula is C18H19N3O3. The number of nitrogens with two attached hydrogens (primary N) is 1. The second kappa shape index (κ2) is 7.41. The Morgan fingerprint density at radius 3 is 2.33 bits per heavy atom. The first-order valence-corrected chi connectivity index (χ1v) is 7.42. The van der Waals surface area contributed by atoms with Gasteiger partial charge in [-0.05, 0) is 30.7 Å². The maximum Gasteiger partial charge on any atom is 0.323 e. The molecule has 6 nitrogen and oxygen atoms in total. The number of benzene rings is 2. The summed E-state index contributed by atoms with van der Waals surface area (Å²) >= 11 is 0. The third-order valence-corrected chi connectivity index (χ3v) is 3.41. The number of rotatable bonds is 3. The van der Waals surface area contributed by atoms with E-state index in [1.807, 2.05) is 31.2 Å². The highest BCUT2D eigenvalue weighted by atomic mass is 16.2. The molecule has 2 aromatic rings. The predicted octanol–water partition coefficient (Wildman–Crippen LogP) is 1.77. The molecule has 0 atom stereocenters. The van der Waals surface area contributed by atoms with E-state index in [0.717, 1.165) is 16.0 Å². The molecule has 0 saturated heterocycles. The summed E-state index contributed by atoms with van der Waals surface area (Å²) in [6, 6.07) is 13.8. The van der Waals surface area contributed by atoms with Crippen LogP contribution >= 0.6 is 0 Å². The molecule has 0 fully saturated rings. The van der Waals surface area contributed by atoms with Crippen LogP contribution in [-0.2, 0) is 20.9 Å². The Bertz CT molecular complexity index is 769. The molecule has 124 valence electrons. The van der Waals surface area contributed by atoms with Crippen molar-refractivity contribution in [2.75, 3.05) is 10.6 Å². The Kier molecular flexibility index (Phi) is 5.31. The number of nitrogen functional groups attached to an aromatic ring is 1. The van der Waals surface area contributed by atoms with Crippen molar-refractivity contribution >= 4 is 29.1 Å². The average molecular weight is 325 g/mol. The second-order valence-electron chi connectivity index (χ2n) is 5.42. The van der Waals surface area contributed by atoms with Gasteiger partial charge in [-0.3, -0.25) is 14.4 Å². The van der Waals surface area contributed by atoms with Crippen LogP contribution in [0.5, 0.6) is 0 Å². The van der Waals surface area contributed by atoms with E-state index in [9.17, 15) is 14.4 Å². The van der Waals surface area contributed by atoms with Crippen LogP contribution in [0.1, 0.15) is 18.1 Å². The number of amides is 3. The van der Waals surface area contributed by atoms with Gasteiger partial charge in [0.15, 0.2) is 0 Å². The molecule has 2 aromatic carbocycles. The Balaban J connectivity index is 2.10. The summed E-state index contributed by atoms with van der Waals surface area (Å²) in [7, 11) is 0. The molecule has 3 amide bonds. The van der Waals surface area contributed by atoms with Crippen molar-refractivity contribution in [1.82, 2.24) is 5.32 Å². The minimum atomic E-state index is -0.944. The van der Waals surface area contributed by atoms with Gasteiger partial charge < -0.3 is 11.1 Å². The summed E-state index contributed by atoms with van der Waals surface area (Å²) in [5.41, 5.74) is 8.29. The number of aryl methyl sites for hydroxylation is 1. The number of carbonyl (C=O) groups excluding carboxylic acids is 3. The molecule has 0 unspecified atom stereocenters. The molecule has 24 heavy (non-hydrogen) atoms. The van der Waals surface area contributed by atoms with E-state index in [2.05, 4.69) is 5.32 Å². The molecule has 6 heteroatoms. The maximum absolute atomic E-state index is 12.3. The van der Waals surface area contributed by atoms with Gasteiger partial charge in [-0.1, -0.05) is 35.9 Å². The Morgan fingerprint density at radius 1 is 1.08 bits per heavy atom. The smallest absolute Gasteiger partial charge is 0.323 e. The largest absolute Gasteiger partial charge is 0.399 e. The molecular weight excluding hydrogens is 306 g/mol. The summed E-state index contributed by atoms with van der Waals surface area (Å²) < 4.78 is 0. The zero-order chi connectivity index (χ0) is 17.7. The van der Waals surface area contributed by atoms with Crippen LogP contribution in [0.15, 0.2) is 48.5 Å². The van der Waals surface area contributed by atoms with Crippen LogP contribution in [0.3, 0.4) is 0 Å². The van der Waals surface area contributed by atoms with Crippen LogP contribution in [0.2, 0.25) is 0 Å². The molecule has 2 rings (SSSR count). The fourth-order valence-corrected chi connectivity index (χ4v) is 2.17. The van der Waals surface area contributed by atoms with Crippen molar-refractivity contribution in [2.24, 2.45) is 0 Å². The van der Waals surface area contributed by atoms with Gasteiger partial charge in [-0.25, -0.2) is 4.90 Å². The minimum absolute atomic E-state index is 0.202. The average Bonchev–Trinajstić information content (AvgIpc) is 2.54. The van der Waals surface area contributed by atoms with Crippen LogP contribution in [0.4, 0.5) is 11.4 Å². The van der Waals surface area contributed by atoms with Gasteiger partial charge in [0, 0.05) is 19.2 Å². The Labute approximate surface area is 140 Å². The van der Waals surface area contributed by atoms with Crippen molar-refractivity contribution in [2.45, 2.75) is 20.4 Å². The number of imide groups is 1. The predicted molar refractivity (Wildman–Crippen MR) is 92.0 cm³/mol. The van der Waals surface area contributed by atoms with E-state index < -0.39 is 17.7 Å². The zero-order valence-electron chi connectivity index (χ0n) is 13.6. The molecule has 0 aliphatic carbocycles. The topological polar surface area (TPSA) is 92.5 Å². The summed E-state index contributed by atoms with van der Waals surface area (Å²) in [6.45, 7) is 3.38. The van der Waals surface area contributed by atoms with Crippen LogP contribution in [-0.4, -0.2) is 17.7 Å². The lowest BCUT2D eigenvalue weighted by atomic mass is 10.1. The number of hydrogen-bond acceptors (Lipinski definition) is 4. The first-order chi connectivity index (χ1) is 11.4. The number of carbonyl (C=O) groups is 3. The Morgan fingerprint density at radius 2 is 1.75 bits per heavy atom. The molecule has 0 radical (unpaired) electrons. The van der Waals surface area contributed by atoms with Crippen molar-refractivity contribution < 1.29 is 14.4 Å². The fraction of sp³-hybridized carbons (Fsp3) is 0.167. The molecule has 3 N–H and O–H groups in total. The highest BCUT2D eigenvalue weighted by Crippen LogP contribution is 2.18. The van der Waals surface area contributed by atoms with Gasteiger partial charge >= 0.3 is 11.8 Å². The standard InChI is InChI=1S/C18H19N3O3/c1-12-6-8-14(9-7-12)11-20-17(23)18(24)21(13(2)22)16-5-3-4-15(19)10-16/h3-10H,11,19H2,1-2H3,(H,20,23). The first-order valence-electron chi connectivity index (χ1n) is 7.42. The van der Waals surface area contributed by atoms with E-state index >= 15 is 0 Å². The molecule has 0 heterocycles. The minimum Gasteiger partial charge on any atom is -0.399 e. The van der Waals surface area contributed by atoms with E-state index in [4.69, 9.17) is 5.73 Å². The SMILES string of the molecule is CC(=O)N(C(=O)C(=O)NCc1ccc(C)cc1)c1cccc(N)c1. The summed E-state index contributed by atoms with van der Waals surface area (Å²) in [4.78, 5) is 37.0. The van der Waals surface area contributed by atoms with E-state index in [0.29, 0.717) is 5.69 Å². The monoisotopic (exact) mass is 325 g/mol. The Hall–Kier alpha value is -3.15. The number of anilines is 2. The zero-order valence-corrected chi connectivity index (χ0v) is 13.6. The molecule has 0 aliphatic heterocycles. The summed E-state index contributed by atoms with van der Waals surface area (Å²) in [5.74, 6) is -2.36. The molecule has 0 bridgehead atoms. The quantitative estimate of drug-likeness (QED) is 0.664. The van der Waals surface area contributed by atoms with Crippen LogP contribution in [0.25, 0.3) is 0 Å². The molecule has 0 aliphatic rings. The first kappa shape index (κ1) is 17.2. The van der Waals surface area contributed by atoms with E-state index in [1.165, 1.54) is 13.0 Å². The van der Waals surface area contributed by atoms with Gasteiger partial charge in [-0.15, -0.1) is 0 Å².